The number of rotatable bonds is 6. The van der Waals surface area contributed by atoms with Gasteiger partial charge in [0.1, 0.15) is 5.75 Å². The van der Waals surface area contributed by atoms with E-state index in [1.807, 2.05) is 61.2 Å². The molecule has 7 heteroatoms. The normalized spacial score (nSPS) is 14.3. The predicted octanol–water partition coefficient (Wildman–Crippen LogP) is 4.60. The first-order valence-corrected chi connectivity index (χ1v) is 10.7. The molecule has 29 heavy (non-hydrogen) atoms. The van der Waals surface area contributed by atoms with Crippen molar-refractivity contribution in [1.29, 1.82) is 0 Å². The quantitative estimate of drug-likeness (QED) is 0.555. The molecule has 3 aromatic rings. The van der Waals surface area contributed by atoms with Crippen LogP contribution < -0.4 is 9.64 Å². The van der Waals surface area contributed by atoms with E-state index in [2.05, 4.69) is 16.3 Å². The van der Waals surface area contributed by atoms with E-state index in [1.54, 1.807) is 0 Å². The maximum absolute atomic E-state index is 13.0. The molecule has 0 bridgehead atoms. The second-order valence-corrected chi connectivity index (χ2v) is 8.10. The SMILES string of the molecule is CCOc1ccc(-c2nnc(S[C@H](C)C(=O)N3CCCc4ccccc43)o2)cc1. The summed E-state index contributed by atoms with van der Waals surface area (Å²) in [5.74, 6) is 1.29. The summed E-state index contributed by atoms with van der Waals surface area (Å²) in [6.07, 6.45) is 1.99. The van der Waals surface area contributed by atoms with Crippen molar-refractivity contribution in [1.82, 2.24) is 10.2 Å². The molecule has 0 N–H and O–H groups in total. The van der Waals surface area contributed by atoms with Crippen LogP contribution in [-0.4, -0.2) is 34.5 Å². The average molecular weight is 410 g/mol. The van der Waals surface area contributed by atoms with Crippen molar-refractivity contribution in [2.24, 2.45) is 0 Å². The highest BCUT2D eigenvalue weighted by Gasteiger charge is 2.28. The van der Waals surface area contributed by atoms with E-state index >= 15 is 0 Å². The van der Waals surface area contributed by atoms with Gasteiger partial charge in [0, 0.05) is 17.8 Å². The Morgan fingerprint density at radius 1 is 1.21 bits per heavy atom. The lowest BCUT2D eigenvalue weighted by molar-refractivity contribution is -0.117. The third-order valence-corrected chi connectivity index (χ3v) is 5.74. The van der Waals surface area contributed by atoms with Crippen LogP contribution in [0.25, 0.3) is 11.5 Å². The van der Waals surface area contributed by atoms with Gasteiger partial charge < -0.3 is 14.1 Å². The van der Waals surface area contributed by atoms with Crippen LogP contribution >= 0.6 is 11.8 Å². The van der Waals surface area contributed by atoms with Crippen LogP contribution in [0.3, 0.4) is 0 Å². The molecule has 0 radical (unpaired) electrons. The number of thioether (sulfide) groups is 1. The van der Waals surface area contributed by atoms with Crippen LogP contribution in [0.1, 0.15) is 25.8 Å². The van der Waals surface area contributed by atoms with Gasteiger partial charge in [0.05, 0.1) is 11.9 Å². The third kappa shape index (κ3) is 4.29. The predicted molar refractivity (Wildman–Crippen MR) is 113 cm³/mol. The van der Waals surface area contributed by atoms with Gasteiger partial charge >= 0.3 is 0 Å². The molecule has 1 aliphatic rings. The van der Waals surface area contributed by atoms with E-state index in [1.165, 1.54) is 17.3 Å². The Morgan fingerprint density at radius 3 is 2.79 bits per heavy atom. The Kier molecular flexibility index (Phi) is 5.85. The van der Waals surface area contributed by atoms with Gasteiger partial charge in [-0.1, -0.05) is 30.0 Å². The fourth-order valence-electron chi connectivity index (χ4n) is 3.42. The van der Waals surface area contributed by atoms with E-state index in [9.17, 15) is 4.79 Å². The molecule has 1 aliphatic heterocycles. The number of carbonyl (C=O) groups is 1. The molecule has 0 unspecified atom stereocenters. The Balaban J connectivity index is 1.44. The summed E-state index contributed by atoms with van der Waals surface area (Å²) in [7, 11) is 0. The summed E-state index contributed by atoms with van der Waals surface area (Å²) < 4.78 is 11.2. The minimum atomic E-state index is -0.324. The highest BCUT2D eigenvalue weighted by molar-refractivity contribution is 8.00. The van der Waals surface area contributed by atoms with Gasteiger partial charge in [0.2, 0.25) is 11.8 Å². The van der Waals surface area contributed by atoms with Crippen LogP contribution in [0.15, 0.2) is 58.2 Å². The topological polar surface area (TPSA) is 68.5 Å². The zero-order valence-corrected chi connectivity index (χ0v) is 17.3. The van der Waals surface area contributed by atoms with Crippen LogP contribution in [0, 0.1) is 0 Å². The van der Waals surface area contributed by atoms with Crippen LogP contribution in [0.5, 0.6) is 5.75 Å². The molecule has 0 saturated carbocycles. The standard InChI is InChI=1S/C22H23N3O3S/c1-3-27-18-12-10-17(11-13-18)20-23-24-22(28-20)29-15(2)21(26)25-14-6-8-16-7-4-5-9-19(16)25/h4-5,7,9-13,15H,3,6,8,14H2,1-2H3/t15-/m1/s1. The summed E-state index contributed by atoms with van der Waals surface area (Å²) in [5.41, 5.74) is 3.05. The molecule has 1 aromatic heterocycles. The molecule has 1 amide bonds. The first kappa shape index (κ1) is 19.5. The van der Waals surface area contributed by atoms with E-state index in [0.29, 0.717) is 17.7 Å². The van der Waals surface area contributed by atoms with Crippen molar-refractivity contribution in [3.63, 3.8) is 0 Å². The molecule has 0 aliphatic carbocycles. The van der Waals surface area contributed by atoms with Crippen molar-refractivity contribution >= 4 is 23.4 Å². The monoisotopic (exact) mass is 409 g/mol. The van der Waals surface area contributed by atoms with Gasteiger partial charge in [0.15, 0.2) is 0 Å². The Bertz CT molecular complexity index is 987. The summed E-state index contributed by atoms with van der Waals surface area (Å²) in [4.78, 5) is 14.9. The molecule has 1 atom stereocenters. The molecule has 2 aromatic carbocycles. The molecule has 4 rings (SSSR count). The van der Waals surface area contributed by atoms with Crippen LogP contribution in [0.4, 0.5) is 5.69 Å². The Labute approximate surface area is 174 Å². The van der Waals surface area contributed by atoms with Crippen molar-refractivity contribution < 1.29 is 13.9 Å². The molecule has 0 fully saturated rings. The van der Waals surface area contributed by atoms with Gasteiger partial charge in [-0.2, -0.15) is 0 Å². The smallest absolute Gasteiger partial charge is 0.277 e. The zero-order chi connectivity index (χ0) is 20.2. The van der Waals surface area contributed by atoms with Gasteiger partial charge in [-0.3, -0.25) is 4.79 Å². The number of hydrogen-bond donors (Lipinski definition) is 0. The lowest BCUT2D eigenvalue weighted by Gasteiger charge is -2.31. The second-order valence-electron chi connectivity index (χ2n) is 6.81. The molecule has 2 heterocycles. The molecule has 0 spiro atoms. The summed E-state index contributed by atoms with van der Waals surface area (Å²) >= 11 is 1.29. The van der Waals surface area contributed by atoms with E-state index in [-0.39, 0.29) is 11.2 Å². The Hall–Kier alpha value is -2.80. The second kappa shape index (κ2) is 8.69. The number of aromatic nitrogens is 2. The fourth-order valence-corrected chi connectivity index (χ4v) is 4.16. The van der Waals surface area contributed by atoms with Crippen LogP contribution in [0.2, 0.25) is 0 Å². The number of anilines is 1. The number of hydrogen-bond acceptors (Lipinski definition) is 6. The average Bonchev–Trinajstić information content (AvgIpc) is 3.22. The first-order valence-electron chi connectivity index (χ1n) is 9.78. The number of benzene rings is 2. The summed E-state index contributed by atoms with van der Waals surface area (Å²) in [6.45, 7) is 5.18. The van der Waals surface area contributed by atoms with Crippen LogP contribution in [-0.2, 0) is 11.2 Å². The largest absolute Gasteiger partial charge is 0.494 e. The van der Waals surface area contributed by atoms with Gasteiger partial charge in [0.25, 0.3) is 5.22 Å². The van der Waals surface area contributed by atoms with E-state index in [4.69, 9.17) is 9.15 Å². The van der Waals surface area contributed by atoms with Crippen molar-refractivity contribution in [3.8, 4) is 17.2 Å². The number of aryl methyl sites for hydroxylation is 1. The lowest BCUT2D eigenvalue weighted by atomic mass is 10.0. The molecule has 150 valence electrons. The third-order valence-electron chi connectivity index (χ3n) is 4.82. The number of carbonyl (C=O) groups excluding carboxylic acids is 1. The lowest BCUT2D eigenvalue weighted by Crippen LogP contribution is -2.40. The van der Waals surface area contributed by atoms with Gasteiger partial charge in [-0.15, -0.1) is 10.2 Å². The molecule has 6 nitrogen and oxygen atoms in total. The highest BCUT2D eigenvalue weighted by atomic mass is 32.2. The number of amides is 1. The minimum Gasteiger partial charge on any atom is -0.494 e. The van der Waals surface area contributed by atoms with Gasteiger partial charge in [-0.05, 0) is 62.6 Å². The number of ether oxygens (including phenoxy) is 1. The Morgan fingerprint density at radius 2 is 2.00 bits per heavy atom. The minimum absolute atomic E-state index is 0.0583. The first-order chi connectivity index (χ1) is 14.2. The maximum Gasteiger partial charge on any atom is 0.277 e. The number of fused-ring (bicyclic) bond motifs is 1. The van der Waals surface area contributed by atoms with Crippen molar-refractivity contribution in [2.75, 3.05) is 18.1 Å². The maximum atomic E-state index is 13.0. The summed E-state index contributed by atoms with van der Waals surface area (Å²) in [6, 6.07) is 15.6. The van der Waals surface area contributed by atoms with E-state index in [0.717, 1.165) is 36.4 Å². The van der Waals surface area contributed by atoms with Crippen molar-refractivity contribution in [2.45, 2.75) is 37.2 Å². The van der Waals surface area contributed by atoms with Gasteiger partial charge in [-0.25, -0.2) is 0 Å². The fraction of sp³-hybridized carbons (Fsp3) is 0.318. The van der Waals surface area contributed by atoms with Crippen molar-refractivity contribution in [3.05, 3.63) is 54.1 Å². The highest BCUT2D eigenvalue weighted by Crippen LogP contribution is 2.31. The zero-order valence-electron chi connectivity index (χ0n) is 16.5. The van der Waals surface area contributed by atoms with E-state index < -0.39 is 0 Å². The number of nitrogens with zero attached hydrogens (tertiary/aromatic N) is 3. The molecular formula is C22H23N3O3S. The molecule has 0 saturated heterocycles. The molecular weight excluding hydrogens is 386 g/mol. The summed E-state index contributed by atoms with van der Waals surface area (Å²) in [5, 5.41) is 8.29. The number of para-hydroxylation sites is 1.